The molecule has 0 aliphatic rings. The second kappa shape index (κ2) is 11.0. The van der Waals surface area contributed by atoms with Gasteiger partial charge in [0.15, 0.2) is 0 Å². The molecule has 6 heteroatoms. The highest BCUT2D eigenvalue weighted by atomic mass is 32.2. The first-order valence-electron chi connectivity index (χ1n) is 8.26. The molecule has 134 valence electrons. The lowest BCUT2D eigenvalue weighted by Crippen LogP contribution is -2.19. The van der Waals surface area contributed by atoms with Crippen molar-refractivity contribution in [2.75, 3.05) is 0 Å². The number of carbonyl (C=O) groups is 1. The van der Waals surface area contributed by atoms with Crippen LogP contribution in [0.3, 0.4) is 0 Å². The van der Waals surface area contributed by atoms with Gasteiger partial charge in [-0.25, -0.2) is 0 Å². The van der Waals surface area contributed by atoms with E-state index in [0.29, 0.717) is 6.42 Å². The van der Waals surface area contributed by atoms with Crippen molar-refractivity contribution in [1.29, 1.82) is 0 Å². The lowest BCUT2D eigenvalue weighted by atomic mass is 10.1. The minimum atomic E-state index is -4.51. The van der Waals surface area contributed by atoms with E-state index in [9.17, 15) is 17.8 Å². The Morgan fingerprint density at radius 1 is 1.08 bits per heavy atom. The Balaban J connectivity index is 2.35. The van der Waals surface area contributed by atoms with Gasteiger partial charge in [0.05, 0.1) is 0 Å². The number of esters is 1. The number of benzene rings is 1. The molecule has 1 aromatic rings. The fraction of sp³-hybridized carbons (Fsp3) is 0.500. The predicted molar refractivity (Wildman–Crippen MR) is 94.0 cm³/mol. The van der Waals surface area contributed by atoms with Crippen molar-refractivity contribution >= 4 is 16.1 Å². The van der Waals surface area contributed by atoms with Gasteiger partial charge in [-0.15, -0.1) is 6.58 Å². The molecule has 0 saturated carbocycles. The molecule has 0 aliphatic carbocycles. The minimum absolute atomic E-state index is 0.144. The third-order valence-corrected chi connectivity index (χ3v) is 4.53. The second-order valence-corrected chi connectivity index (χ2v) is 7.15. The lowest BCUT2D eigenvalue weighted by Gasteiger charge is -2.15. The zero-order chi connectivity index (χ0) is 17.8. The van der Waals surface area contributed by atoms with E-state index >= 15 is 0 Å². The fourth-order valence-corrected chi connectivity index (χ4v) is 3.08. The van der Waals surface area contributed by atoms with E-state index in [4.69, 9.17) is 4.74 Å². The number of unbranched alkanes of at least 4 members (excludes halogenated alkanes) is 6. The Hall–Kier alpha value is -1.66. The lowest BCUT2D eigenvalue weighted by molar-refractivity contribution is -0.146. The molecular weight excluding hydrogens is 328 g/mol. The standard InChI is InChI=1S/C18H26O5S/c1-2-3-4-5-6-7-8-12-15-17(19)23-18(24(20,21)22)16-13-10-9-11-14-16/h2,9-11,13-14,18H,1,3-8,12,15H2,(H,20,21,22). The molecule has 1 N–H and O–H groups in total. The molecule has 0 aromatic heterocycles. The van der Waals surface area contributed by atoms with E-state index in [0.717, 1.165) is 38.5 Å². The van der Waals surface area contributed by atoms with Gasteiger partial charge in [-0.05, 0) is 19.3 Å². The summed E-state index contributed by atoms with van der Waals surface area (Å²) in [5.74, 6) is -0.617. The van der Waals surface area contributed by atoms with Crippen molar-refractivity contribution < 1.29 is 22.5 Å². The van der Waals surface area contributed by atoms with Gasteiger partial charge in [-0.2, -0.15) is 8.42 Å². The van der Waals surface area contributed by atoms with Crippen LogP contribution in [-0.2, 0) is 19.6 Å². The Labute approximate surface area is 144 Å². The van der Waals surface area contributed by atoms with Crippen LogP contribution < -0.4 is 0 Å². The third kappa shape index (κ3) is 8.26. The molecule has 0 aliphatic heterocycles. The van der Waals surface area contributed by atoms with Crippen LogP contribution in [-0.4, -0.2) is 18.9 Å². The van der Waals surface area contributed by atoms with Gasteiger partial charge in [0.25, 0.3) is 5.44 Å². The molecular formula is C18H26O5S. The molecule has 0 saturated heterocycles. The quantitative estimate of drug-likeness (QED) is 0.260. The summed E-state index contributed by atoms with van der Waals surface area (Å²) >= 11 is 0. The number of hydrogen-bond acceptors (Lipinski definition) is 4. The van der Waals surface area contributed by atoms with Crippen LogP contribution in [0.2, 0.25) is 0 Å². The largest absolute Gasteiger partial charge is 0.438 e. The molecule has 1 atom stereocenters. The number of ether oxygens (including phenoxy) is 1. The van der Waals surface area contributed by atoms with Gasteiger partial charge < -0.3 is 4.74 Å². The number of hydrogen-bond donors (Lipinski definition) is 1. The second-order valence-electron chi connectivity index (χ2n) is 5.70. The first-order valence-corrected chi connectivity index (χ1v) is 9.77. The summed E-state index contributed by atoms with van der Waals surface area (Å²) in [7, 11) is -4.51. The van der Waals surface area contributed by atoms with Crippen molar-refractivity contribution in [3.63, 3.8) is 0 Å². The van der Waals surface area contributed by atoms with Crippen LogP contribution in [0.4, 0.5) is 0 Å². The average Bonchev–Trinajstić information content (AvgIpc) is 2.55. The molecule has 5 nitrogen and oxygen atoms in total. The van der Waals surface area contributed by atoms with Gasteiger partial charge in [-0.3, -0.25) is 9.35 Å². The molecule has 24 heavy (non-hydrogen) atoms. The molecule has 0 amide bonds. The summed E-state index contributed by atoms with van der Waals surface area (Å²) in [4.78, 5) is 11.8. The molecule has 0 spiro atoms. The van der Waals surface area contributed by atoms with Crippen molar-refractivity contribution in [1.82, 2.24) is 0 Å². The molecule has 1 rings (SSSR count). The number of carbonyl (C=O) groups excluding carboxylic acids is 1. The minimum Gasteiger partial charge on any atom is -0.438 e. The molecule has 0 bridgehead atoms. The van der Waals surface area contributed by atoms with Crippen LogP contribution in [0.25, 0.3) is 0 Å². The highest BCUT2D eigenvalue weighted by Crippen LogP contribution is 2.23. The first kappa shape index (κ1) is 20.4. The summed E-state index contributed by atoms with van der Waals surface area (Å²) in [6.45, 7) is 3.68. The maximum atomic E-state index is 11.8. The molecule has 0 fully saturated rings. The number of rotatable bonds is 12. The van der Waals surface area contributed by atoms with Gasteiger partial charge in [-0.1, -0.05) is 62.1 Å². The van der Waals surface area contributed by atoms with Crippen LogP contribution in [0.15, 0.2) is 43.0 Å². The molecule has 0 heterocycles. The van der Waals surface area contributed by atoms with Gasteiger partial charge in [0.2, 0.25) is 0 Å². The van der Waals surface area contributed by atoms with E-state index in [1.165, 1.54) is 12.1 Å². The predicted octanol–water partition coefficient (Wildman–Crippen LogP) is 4.42. The maximum Gasteiger partial charge on any atom is 0.308 e. The Kier molecular flexibility index (Phi) is 9.34. The van der Waals surface area contributed by atoms with Crippen molar-refractivity contribution in [2.24, 2.45) is 0 Å². The van der Waals surface area contributed by atoms with Gasteiger partial charge in [0.1, 0.15) is 0 Å². The maximum absolute atomic E-state index is 11.8. The summed E-state index contributed by atoms with van der Waals surface area (Å²) in [6.07, 6.45) is 9.06. The highest BCUT2D eigenvalue weighted by Gasteiger charge is 2.28. The topological polar surface area (TPSA) is 80.7 Å². The average molecular weight is 354 g/mol. The van der Waals surface area contributed by atoms with E-state index in [-0.39, 0.29) is 12.0 Å². The summed E-state index contributed by atoms with van der Waals surface area (Å²) in [5, 5.41) is 0. The van der Waals surface area contributed by atoms with Gasteiger partial charge >= 0.3 is 16.1 Å². The smallest absolute Gasteiger partial charge is 0.308 e. The SMILES string of the molecule is C=CCCCCCCCCC(=O)OC(c1ccccc1)S(=O)(=O)O. The normalized spacial score (nSPS) is 12.5. The van der Waals surface area contributed by atoms with Crippen LogP contribution in [0, 0.1) is 0 Å². The Morgan fingerprint density at radius 2 is 1.67 bits per heavy atom. The fourth-order valence-electron chi connectivity index (χ4n) is 2.35. The Morgan fingerprint density at radius 3 is 2.25 bits per heavy atom. The summed E-state index contributed by atoms with van der Waals surface area (Å²) < 4.78 is 37.1. The summed E-state index contributed by atoms with van der Waals surface area (Å²) in [5.41, 5.74) is -1.43. The third-order valence-electron chi connectivity index (χ3n) is 3.62. The Bertz CT molecular complexity index is 595. The van der Waals surface area contributed by atoms with Crippen LogP contribution in [0.1, 0.15) is 62.4 Å². The van der Waals surface area contributed by atoms with Crippen molar-refractivity contribution in [3.05, 3.63) is 48.6 Å². The van der Waals surface area contributed by atoms with Gasteiger partial charge in [0, 0.05) is 12.0 Å². The van der Waals surface area contributed by atoms with Crippen molar-refractivity contribution in [2.45, 2.75) is 56.8 Å². The molecule has 1 aromatic carbocycles. The summed E-state index contributed by atoms with van der Waals surface area (Å²) in [6, 6.07) is 7.94. The zero-order valence-electron chi connectivity index (χ0n) is 13.9. The van der Waals surface area contributed by atoms with E-state index in [1.54, 1.807) is 18.2 Å². The van der Waals surface area contributed by atoms with Crippen LogP contribution in [0.5, 0.6) is 0 Å². The molecule has 1 unspecified atom stereocenters. The monoisotopic (exact) mass is 354 g/mol. The van der Waals surface area contributed by atoms with E-state index < -0.39 is 21.5 Å². The zero-order valence-corrected chi connectivity index (χ0v) is 14.7. The van der Waals surface area contributed by atoms with E-state index in [2.05, 4.69) is 6.58 Å². The highest BCUT2D eigenvalue weighted by molar-refractivity contribution is 7.85. The van der Waals surface area contributed by atoms with E-state index in [1.807, 2.05) is 6.08 Å². The first-order chi connectivity index (χ1) is 11.4. The number of allylic oxidation sites excluding steroid dienone is 1. The van der Waals surface area contributed by atoms with Crippen molar-refractivity contribution in [3.8, 4) is 0 Å². The molecule has 0 radical (unpaired) electrons. The van der Waals surface area contributed by atoms with Crippen LogP contribution >= 0.6 is 0 Å².